The van der Waals surface area contributed by atoms with Gasteiger partial charge in [0, 0.05) is 25.8 Å². The third-order valence-corrected chi connectivity index (χ3v) is 6.38. The summed E-state index contributed by atoms with van der Waals surface area (Å²) in [5.41, 5.74) is 2.17. The summed E-state index contributed by atoms with van der Waals surface area (Å²) in [5, 5.41) is 4.15. The van der Waals surface area contributed by atoms with Gasteiger partial charge in [-0.2, -0.15) is 0 Å². The molecule has 1 N–H and O–H groups in total. The molecular weight excluding hydrogens is 334 g/mol. The summed E-state index contributed by atoms with van der Waals surface area (Å²) < 4.78 is 0. The van der Waals surface area contributed by atoms with E-state index in [4.69, 9.17) is 11.6 Å². The highest BCUT2D eigenvalue weighted by atomic mass is 35.5. The van der Waals surface area contributed by atoms with Gasteiger partial charge in [-0.3, -0.25) is 4.79 Å². The summed E-state index contributed by atoms with van der Waals surface area (Å²) in [6.07, 6.45) is 7.79. The van der Waals surface area contributed by atoms with Crippen molar-refractivity contribution in [3.8, 4) is 0 Å². The third kappa shape index (κ3) is 4.29. The van der Waals surface area contributed by atoms with Crippen molar-refractivity contribution >= 4 is 23.2 Å². The van der Waals surface area contributed by atoms with Gasteiger partial charge in [0.15, 0.2) is 0 Å². The number of nitrogens with one attached hydrogen (secondary N) is 1. The lowest BCUT2D eigenvalue weighted by molar-refractivity contribution is 0.0771. The SMILES string of the molecule is CN1CCC2(CCC(Nc3ccc(C(=O)N(C)C)c(Cl)c3)CC2)CC1. The fraction of sp³-hybridized carbons (Fsp3) is 0.650. The van der Waals surface area contributed by atoms with E-state index in [-0.39, 0.29) is 5.91 Å². The molecule has 3 rings (SSSR count). The van der Waals surface area contributed by atoms with Crippen LogP contribution >= 0.6 is 11.6 Å². The van der Waals surface area contributed by atoms with Crippen molar-refractivity contribution in [3.63, 3.8) is 0 Å². The summed E-state index contributed by atoms with van der Waals surface area (Å²) >= 11 is 6.32. The summed E-state index contributed by atoms with van der Waals surface area (Å²) in [7, 11) is 5.71. The smallest absolute Gasteiger partial charge is 0.254 e. The molecule has 0 unspecified atom stereocenters. The highest BCUT2D eigenvalue weighted by Crippen LogP contribution is 2.44. The molecule has 2 aliphatic rings. The molecule has 0 atom stereocenters. The van der Waals surface area contributed by atoms with Gasteiger partial charge in [-0.15, -0.1) is 0 Å². The predicted molar refractivity (Wildman–Crippen MR) is 105 cm³/mol. The molecule has 0 radical (unpaired) electrons. The number of hydrogen-bond donors (Lipinski definition) is 1. The molecule has 4 nitrogen and oxygen atoms in total. The third-order valence-electron chi connectivity index (χ3n) is 6.07. The first kappa shape index (κ1) is 18.5. The van der Waals surface area contributed by atoms with Gasteiger partial charge in [0.2, 0.25) is 0 Å². The molecule has 5 heteroatoms. The Hall–Kier alpha value is -1.26. The van der Waals surface area contributed by atoms with Crippen molar-refractivity contribution in [2.45, 2.75) is 44.6 Å². The predicted octanol–water partition coefficient (Wildman–Crippen LogP) is 4.11. The molecule has 1 aromatic rings. The summed E-state index contributed by atoms with van der Waals surface area (Å²) in [6.45, 7) is 2.49. The van der Waals surface area contributed by atoms with Crippen LogP contribution in [-0.2, 0) is 0 Å². The van der Waals surface area contributed by atoms with E-state index in [9.17, 15) is 4.79 Å². The van der Waals surface area contributed by atoms with Crippen molar-refractivity contribution in [3.05, 3.63) is 28.8 Å². The number of likely N-dealkylation sites (tertiary alicyclic amines) is 1. The quantitative estimate of drug-likeness (QED) is 0.877. The van der Waals surface area contributed by atoms with Crippen LogP contribution in [0.5, 0.6) is 0 Å². The van der Waals surface area contributed by atoms with Crippen molar-refractivity contribution in [2.24, 2.45) is 5.41 Å². The van der Waals surface area contributed by atoms with Gasteiger partial charge < -0.3 is 15.1 Å². The maximum absolute atomic E-state index is 12.1. The van der Waals surface area contributed by atoms with E-state index in [0.717, 1.165) is 5.69 Å². The summed E-state index contributed by atoms with van der Waals surface area (Å²) in [5.74, 6) is -0.0570. The van der Waals surface area contributed by atoms with Crippen LogP contribution in [0.3, 0.4) is 0 Å². The summed E-state index contributed by atoms with van der Waals surface area (Å²) in [6, 6.07) is 6.20. The van der Waals surface area contributed by atoms with Gasteiger partial charge in [0.1, 0.15) is 0 Å². The highest BCUT2D eigenvalue weighted by Gasteiger charge is 2.37. The Bertz CT molecular complexity index is 613. The van der Waals surface area contributed by atoms with Crippen LogP contribution < -0.4 is 5.32 Å². The molecule has 138 valence electrons. The highest BCUT2D eigenvalue weighted by molar-refractivity contribution is 6.34. The normalized spacial score (nSPS) is 21.3. The number of benzene rings is 1. The van der Waals surface area contributed by atoms with E-state index in [2.05, 4.69) is 17.3 Å². The van der Waals surface area contributed by atoms with Gasteiger partial charge in [0.05, 0.1) is 10.6 Å². The lowest BCUT2D eigenvalue weighted by Crippen LogP contribution is -2.42. The van der Waals surface area contributed by atoms with Crippen LogP contribution in [0.2, 0.25) is 5.02 Å². The maximum Gasteiger partial charge on any atom is 0.254 e. The molecule has 1 aromatic carbocycles. The first-order valence-electron chi connectivity index (χ1n) is 9.35. The lowest BCUT2D eigenvalue weighted by atomic mass is 9.67. The molecule has 1 saturated carbocycles. The minimum absolute atomic E-state index is 0.0570. The first-order valence-corrected chi connectivity index (χ1v) is 9.73. The second-order valence-electron chi connectivity index (χ2n) is 8.12. The number of carbonyl (C=O) groups excluding carboxylic acids is 1. The Balaban J connectivity index is 1.57. The van der Waals surface area contributed by atoms with Crippen LogP contribution in [-0.4, -0.2) is 56.0 Å². The molecule has 25 heavy (non-hydrogen) atoms. The fourth-order valence-corrected chi connectivity index (χ4v) is 4.48. The molecule has 0 bridgehead atoms. The Morgan fingerprint density at radius 1 is 1.20 bits per heavy atom. The number of rotatable bonds is 3. The molecule has 1 aliphatic heterocycles. The second-order valence-corrected chi connectivity index (χ2v) is 8.52. The van der Waals surface area contributed by atoms with Crippen LogP contribution in [0.1, 0.15) is 48.9 Å². The topological polar surface area (TPSA) is 35.6 Å². The number of hydrogen-bond acceptors (Lipinski definition) is 3. The number of anilines is 1. The first-order chi connectivity index (χ1) is 11.9. The van der Waals surface area contributed by atoms with Crippen molar-refractivity contribution < 1.29 is 4.79 Å². The molecule has 1 heterocycles. The van der Waals surface area contributed by atoms with E-state index in [0.29, 0.717) is 22.0 Å². The van der Waals surface area contributed by atoms with Crippen LogP contribution in [0.4, 0.5) is 5.69 Å². The van der Waals surface area contributed by atoms with Crippen LogP contribution in [0.15, 0.2) is 18.2 Å². The van der Waals surface area contributed by atoms with E-state index in [1.165, 1.54) is 51.6 Å². The number of carbonyl (C=O) groups is 1. The van der Waals surface area contributed by atoms with Gasteiger partial charge in [-0.1, -0.05) is 11.6 Å². The minimum Gasteiger partial charge on any atom is -0.382 e. The van der Waals surface area contributed by atoms with E-state index < -0.39 is 0 Å². The Labute approximate surface area is 156 Å². The standard InChI is InChI=1S/C20H30ClN3O/c1-23(2)19(25)17-5-4-16(14-18(17)21)22-15-6-8-20(9-7-15)10-12-24(3)13-11-20/h4-5,14-15,22H,6-13H2,1-3H3. The summed E-state index contributed by atoms with van der Waals surface area (Å²) in [4.78, 5) is 16.1. The number of amides is 1. The number of halogens is 1. The van der Waals surface area contributed by atoms with Crippen molar-refractivity contribution in [1.82, 2.24) is 9.80 Å². The molecular formula is C20H30ClN3O. The number of nitrogens with zero attached hydrogens (tertiary/aromatic N) is 2. The molecule has 2 fully saturated rings. The van der Waals surface area contributed by atoms with Gasteiger partial charge in [-0.25, -0.2) is 0 Å². The molecule has 0 aromatic heterocycles. The monoisotopic (exact) mass is 363 g/mol. The van der Waals surface area contributed by atoms with Gasteiger partial charge in [-0.05, 0) is 82.3 Å². The average molecular weight is 364 g/mol. The second kappa shape index (κ2) is 7.55. The van der Waals surface area contributed by atoms with E-state index in [1.54, 1.807) is 19.0 Å². The van der Waals surface area contributed by atoms with Crippen molar-refractivity contribution in [1.29, 1.82) is 0 Å². The average Bonchev–Trinajstić information content (AvgIpc) is 2.59. The molecule has 1 aliphatic carbocycles. The zero-order chi connectivity index (χ0) is 18.0. The molecule has 1 spiro atoms. The Morgan fingerprint density at radius 3 is 2.40 bits per heavy atom. The van der Waals surface area contributed by atoms with E-state index >= 15 is 0 Å². The fourth-order valence-electron chi connectivity index (χ4n) is 4.22. The lowest BCUT2D eigenvalue weighted by Gasteiger charge is -2.45. The maximum atomic E-state index is 12.1. The van der Waals surface area contributed by atoms with Crippen LogP contribution in [0.25, 0.3) is 0 Å². The van der Waals surface area contributed by atoms with Crippen molar-refractivity contribution in [2.75, 3.05) is 39.5 Å². The Morgan fingerprint density at radius 2 is 1.84 bits per heavy atom. The van der Waals surface area contributed by atoms with Crippen LogP contribution in [0, 0.1) is 5.41 Å². The molecule has 1 saturated heterocycles. The Kier molecular flexibility index (Phi) is 5.59. The van der Waals surface area contributed by atoms with Gasteiger partial charge in [0.25, 0.3) is 5.91 Å². The van der Waals surface area contributed by atoms with Gasteiger partial charge >= 0.3 is 0 Å². The zero-order valence-electron chi connectivity index (χ0n) is 15.6. The minimum atomic E-state index is -0.0570. The number of piperidine rings is 1. The zero-order valence-corrected chi connectivity index (χ0v) is 16.4. The molecule has 1 amide bonds. The largest absolute Gasteiger partial charge is 0.382 e. The van der Waals surface area contributed by atoms with E-state index in [1.807, 2.05) is 18.2 Å².